The first-order chi connectivity index (χ1) is 10.3. The number of hydrogen-bond donors (Lipinski definition) is 1. The normalized spacial score (nSPS) is 15.2. The maximum absolute atomic E-state index is 4.70. The molecule has 2 aromatic heterocycles. The van der Waals surface area contributed by atoms with Gasteiger partial charge in [0, 0.05) is 37.6 Å². The van der Waals surface area contributed by atoms with E-state index in [0.717, 1.165) is 25.3 Å². The molecule has 2 aromatic rings. The van der Waals surface area contributed by atoms with Crippen molar-refractivity contribution in [1.29, 1.82) is 0 Å². The SMILES string of the molecule is CCn1nccc1CNCc1cn(C2CCCC2)nc1C.Cl. The Labute approximate surface area is 138 Å². The van der Waals surface area contributed by atoms with Crippen LogP contribution in [0.2, 0.25) is 0 Å². The fourth-order valence-electron chi connectivity index (χ4n) is 3.17. The molecule has 22 heavy (non-hydrogen) atoms. The van der Waals surface area contributed by atoms with Gasteiger partial charge in [0.2, 0.25) is 0 Å². The predicted molar refractivity (Wildman–Crippen MR) is 90.2 cm³/mol. The molecule has 0 amide bonds. The zero-order chi connectivity index (χ0) is 14.7. The van der Waals surface area contributed by atoms with Crippen molar-refractivity contribution in [1.82, 2.24) is 24.9 Å². The number of nitrogens with zero attached hydrogens (tertiary/aromatic N) is 4. The van der Waals surface area contributed by atoms with Crippen molar-refractivity contribution >= 4 is 12.4 Å². The van der Waals surface area contributed by atoms with E-state index in [1.165, 1.54) is 36.9 Å². The van der Waals surface area contributed by atoms with Gasteiger partial charge in [0.1, 0.15) is 0 Å². The summed E-state index contributed by atoms with van der Waals surface area (Å²) in [6.45, 7) is 6.86. The van der Waals surface area contributed by atoms with E-state index in [1.54, 1.807) is 0 Å². The quantitative estimate of drug-likeness (QED) is 0.887. The molecule has 0 radical (unpaired) electrons. The monoisotopic (exact) mass is 323 g/mol. The topological polar surface area (TPSA) is 47.7 Å². The van der Waals surface area contributed by atoms with Crippen LogP contribution in [0, 0.1) is 6.92 Å². The molecule has 0 aromatic carbocycles. The van der Waals surface area contributed by atoms with Crippen LogP contribution in [0.5, 0.6) is 0 Å². The Morgan fingerprint density at radius 2 is 2.05 bits per heavy atom. The minimum Gasteiger partial charge on any atom is -0.307 e. The minimum absolute atomic E-state index is 0. The molecule has 0 saturated heterocycles. The van der Waals surface area contributed by atoms with Gasteiger partial charge in [-0.2, -0.15) is 10.2 Å². The van der Waals surface area contributed by atoms with Gasteiger partial charge in [-0.25, -0.2) is 0 Å². The van der Waals surface area contributed by atoms with Gasteiger partial charge in [-0.15, -0.1) is 12.4 Å². The minimum atomic E-state index is 0. The molecule has 0 bridgehead atoms. The van der Waals surface area contributed by atoms with E-state index in [0.29, 0.717) is 6.04 Å². The maximum Gasteiger partial charge on any atom is 0.0638 e. The summed E-state index contributed by atoms with van der Waals surface area (Å²) in [5, 5.41) is 12.5. The highest BCUT2D eigenvalue weighted by Crippen LogP contribution is 2.29. The number of aromatic nitrogens is 4. The molecule has 5 nitrogen and oxygen atoms in total. The molecule has 1 aliphatic rings. The van der Waals surface area contributed by atoms with Crippen molar-refractivity contribution < 1.29 is 0 Å². The number of aryl methyl sites for hydroxylation is 2. The summed E-state index contributed by atoms with van der Waals surface area (Å²) in [7, 11) is 0. The standard InChI is InChI=1S/C16H25N5.ClH/c1-3-20-16(8-9-18-20)11-17-10-14-12-21(19-13(14)2)15-6-4-5-7-15;/h8-9,12,15,17H,3-7,10-11H2,1-2H3;1H. The number of halogens is 1. The van der Waals surface area contributed by atoms with E-state index in [1.807, 2.05) is 10.9 Å². The number of hydrogen-bond acceptors (Lipinski definition) is 3. The average Bonchev–Trinajstić information content (AvgIpc) is 3.20. The van der Waals surface area contributed by atoms with E-state index in [2.05, 4.69) is 41.2 Å². The Bertz CT molecular complexity index is 583. The van der Waals surface area contributed by atoms with Crippen LogP contribution in [-0.2, 0) is 19.6 Å². The van der Waals surface area contributed by atoms with E-state index in [4.69, 9.17) is 5.10 Å². The van der Waals surface area contributed by atoms with Crippen LogP contribution in [0.4, 0.5) is 0 Å². The molecule has 1 fully saturated rings. The van der Waals surface area contributed by atoms with Crippen LogP contribution in [0.3, 0.4) is 0 Å². The molecule has 0 spiro atoms. The van der Waals surface area contributed by atoms with Gasteiger partial charge in [0.25, 0.3) is 0 Å². The lowest BCUT2D eigenvalue weighted by atomic mass is 10.2. The second-order valence-electron chi connectivity index (χ2n) is 5.90. The molecule has 122 valence electrons. The first-order valence-electron chi connectivity index (χ1n) is 8.04. The summed E-state index contributed by atoms with van der Waals surface area (Å²) in [5.74, 6) is 0. The molecule has 1 aliphatic carbocycles. The lowest BCUT2D eigenvalue weighted by Gasteiger charge is -2.08. The highest BCUT2D eigenvalue weighted by molar-refractivity contribution is 5.85. The third-order valence-corrected chi connectivity index (χ3v) is 4.44. The maximum atomic E-state index is 4.70. The second-order valence-corrected chi connectivity index (χ2v) is 5.90. The Morgan fingerprint density at radius 3 is 2.77 bits per heavy atom. The Morgan fingerprint density at radius 1 is 1.27 bits per heavy atom. The molecule has 3 rings (SSSR count). The van der Waals surface area contributed by atoms with Crippen LogP contribution < -0.4 is 5.32 Å². The van der Waals surface area contributed by atoms with E-state index in [9.17, 15) is 0 Å². The Hall–Kier alpha value is -1.33. The molecule has 0 unspecified atom stereocenters. The van der Waals surface area contributed by atoms with Gasteiger partial charge in [-0.05, 0) is 32.8 Å². The van der Waals surface area contributed by atoms with Crippen molar-refractivity contribution in [3.8, 4) is 0 Å². The van der Waals surface area contributed by atoms with Crippen molar-refractivity contribution in [3.63, 3.8) is 0 Å². The van der Waals surface area contributed by atoms with Crippen molar-refractivity contribution in [2.24, 2.45) is 0 Å². The molecule has 1 saturated carbocycles. The van der Waals surface area contributed by atoms with Gasteiger partial charge >= 0.3 is 0 Å². The fourth-order valence-corrected chi connectivity index (χ4v) is 3.17. The lowest BCUT2D eigenvalue weighted by molar-refractivity contribution is 0.464. The molecule has 0 atom stereocenters. The summed E-state index contributed by atoms with van der Waals surface area (Å²) in [4.78, 5) is 0. The third kappa shape index (κ3) is 3.70. The smallest absolute Gasteiger partial charge is 0.0638 e. The zero-order valence-corrected chi connectivity index (χ0v) is 14.3. The van der Waals surface area contributed by atoms with Crippen LogP contribution in [-0.4, -0.2) is 19.6 Å². The summed E-state index contributed by atoms with van der Waals surface area (Å²) in [6, 6.07) is 2.70. The van der Waals surface area contributed by atoms with E-state index < -0.39 is 0 Å². The summed E-state index contributed by atoms with van der Waals surface area (Å²) in [5.41, 5.74) is 3.70. The van der Waals surface area contributed by atoms with Crippen molar-refractivity contribution in [2.75, 3.05) is 0 Å². The highest BCUT2D eigenvalue weighted by atomic mass is 35.5. The van der Waals surface area contributed by atoms with Crippen LogP contribution >= 0.6 is 12.4 Å². The third-order valence-electron chi connectivity index (χ3n) is 4.44. The first kappa shape index (κ1) is 17.0. The van der Waals surface area contributed by atoms with E-state index in [-0.39, 0.29) is 12.4 Å². The predicted octanol–water partition coefficient (Wildman–Crippen LogP) is 3.23. The van der Waals surface area contributed by atoms with Crippen molar-refractivity contribution in [2.45, 2.75) is 65.2 Å². The lowest BCUT2D eigenvalue weighted by Crippen LogP contribution is -2.16. The molecule has 0 aliphatic heterocycles. The summed E-state index contributed by atoms with van der Waals surface area (Å²) < 4.78 is 4.22. The van der Waals surface area contributed by atoms with E-state index >= 15 is 0 Å². The summed E-state index contributed by atoms with van der Waals surface area (Å²) >= 11 is 0. The number of rotatable bonds is 6. The molecular formula is C16H26ClN5. The number of nitrogens with one attached hydrogen (secondary N) is 1. The van der Waals surface area contributed by atoms with Crippen LogP contribution in [0.15, 0.2) is 18.5 Å². The Kier molecular flexibility index (Phi) is 6.03. The molecule has 1 N–H and O–H groups in total. The Balaban J connectivity index is 0.00000176. The first-order valence-corrected chi connectivity index (χ1v) is 8.04. The fraction of sp³-hybridized carbons (Fsp3) is 0.625. The summed E-state index contributed by atoms with van der Waals surface area (Å²) in [6.07, 6.45) is 9.35. The van der Waals surface area contributed by atoms with Crippen molar-refractivity contribution in [3.05, 3.63) is 35.4 Å². The second kappa shape index (κ2) is 7.79. The van der Waals surface area contributed by atoms with Crippen LogP contribution in [0.1, 0.15) is 55.6 Å². The van der Waals surface area contributed by atoms with Gasteiger partial charge in [-0.3, -0.25) is 9.36 Å². The largest absolute Gasteiger partial charge is 0.307 e. The molecular weight excluding hydrogens is 298 g/mol. The molecule has 2 heterocycles. The van der Waals surface area contributed by atoms with Gasteiger partial charge in [0.15, 0.2) is 0 Å². The van der Waals surface area contributed by atoms with Gasteiger partial charge in [-0.1, -0.05) is 12.8 Å². The van der Waals surface area contributed by atoms with Gasteiger partial charge in [0.05, 0.1) is 17.4 Å². The molecule has 6 heteroatoms. The average molecular weight is 324 g/mol. The van der Waals surface area contributed by atoms with Crippen LogP contribution in [0.25, 0.3) is 0 Å². The van der Waals surface area contributed by atoms with Gasteiger partial charge < -0.3 is 5.32 Å². The zero-order valence-electron chi connectivity index (χ0n) is 13.5. The highest BCUT2D eigenvalue weighted by Gasteiger charge is 2.18.